The third-order valence-electron chi connectivity index (χ3n) is 3.56. The Morgan fingerprint density at radius 1 is 0.964 bits per heavy atom. The lowest BCUT2D eigenvalue weighted by Gasteiger charge is -2.12. The van der Waals surface area contributed by atoms with E-state index in [0.717, 1.165) is 22.9 Å². The Morgan fingerprint density at radius 2 is 1.57 bits per heavy atom. The maximum Gasteiger partial charge on any atom is 0.416 e. The predicted octanol–water partition coefficient (Wildman–Crippen LogP) is 5.65. The smallest absolute Gasteiger partial charge is 0.334 e. The summed E-state index contributed by atoms with van der Waals surface area (Å²) in [6.07, 6.45) is -3.46. The molecule has 0 radical (unpaired) electrons. The van der Waals surface area contributed by atoms with Crippen LogP contribution in [-0.2, 0) is 6.18 Å². The van der Waals surface area contributed by atoms with E-state index in [-0.39, 0.29) is 17.3 Å². The Kier molecular flexibility index (Phi) is 5.45. The minimum atomic E-state index is -4.54. The van der Waals surface area contributed by atoms with Crippen LogP contribution in [-0.4, -0.2) is 14.9 Å². The largest absolute Gasteiger partial charge is 0.416 e. The number of alkyl halides is 3. The quantitative estimate of drug-likeness (QED) is 0.382. The summed E-state index contributed by atoms with van der Waals surface area (Å²) in [5.74, 6) is -0.337. The van der Waals surface area contributed by atoms with Gasteiger partial charge >= 0.3 is 11.9 Å². The van der Waals surface area contributed by atoms with Crippen molar-refractivity contribution in [1.29, 1.82) is 0 Å². The Labute approximate surface area is 164 Å². The van der Waals surface area contributed by atoms with Crippen LogP contribution in [0, 0.1) is 10.1 Å². The molecule has 3 rings (SSSR count). The van der Waals surface area contributed by atoms with Crippen molar-refractivity contribution in [1.82, 2.24) is 9.97 Å². The zero-order chi connectivity index (χ0) is 20.3. The van der Waals surface area contributed by atoms with Crippen LogP contribution in [0.3, 0.4) is 0 Å². The highest BCUT2D eigenvalue weighted by Gasteiger charge is 2.31. The van der Waals surface area contributed by atoms with Gasteiger partial charge in [0, 0.05) is 15.8 Å². The lowest BCUT2D eigenvalue weighted by Crippen LogP contribution is -2.07. The van der Waals surface area contributed by atoms with Crippen LogP contribution >= 0.6 is 15.9 Å². The van der Waals surface area contributed by atoms with Crippen molar-refractivity contribution in [3.63, 3.8) is 0 Å². The number of anilines is 4. The lowest BCUT2D eigenvalue weighted by molar-refractivity contribution is -0.383. The molecule has 0 aliphatic carbocycles. The van der Waals surface area contributed by atoms with Gasteiger partial charge in [-0.2, -0.15) is 13.2 Å². The van der Waals surface area contributed by atoms with Crippen LogP contribution in [0.4, 0.5) is 41.9 Å². The van der Waals surface area contributed by atoms with Crippen molar-refractivity contribution >= 4 is 44.6 Å². The molecule has 0 aliphatic rings. The zero-order valence-corrected chi connectivity index (χ0v) is 15.5. The van der Waals surface area contributed by atoms with Gasteiger partial charge in [-0.05, 0) is 42.5 Å². The fourth-order valence-corrected chi connectivity index (χ4v) is 2.58. The fraction of sp³-hybridized carbons (Fsp3) is 0.0588. The van der Waals surface area contributed by atoms with Crippen LogP contribution in [0.25, 0.3) is 0 Å². The van der Waals surface area contributed by atoms with Gasteiger partial charge in [-0.15, -0.1) is 0 Å². The topological polar surface area (TPSA) is 93.0 Å². The molecule has 1 heterocycles. The molecule has 0 saturated carbocycles. The summed E-state index contributed by atoms with van der Waals surface area (Å²) in [5, 5.41) is 16.9. The summed E-state index contributed by atoms with van der Waals surface area (Å²) in [4.78, 5) is 18.5. The van der Waals surface area contributed by atoms with Gasteiger partial charge in [0.25, 0.3) is 0 Å². The first-order valence-electron chi connectivity index (χ1n) is 7.70. The van der Waals surface area contributed by atoms with Crippen LogP contribution in [0.2, 0.25) is 0 Å². The molecule has 0 spiro atoms. The van der Waals surface area contributed by atoms with Crippen LogP contribution in [0.15, 0.2) is 59.3 Å². The molecule has 0 unspecified atom stereocenters. The van der Waals surface area contributed by atoms with Gasteiger partial charge in [0.1, 0.15) is 6.33 Å². The van der Waals surface area contributed by atoms with E-state index >= 15 is 0 Å². The molecule has 2 N–H and O–H groups in total. The summed E-state index contributed by atoms with van der Waals surface area (Å²) < 4.78 is 39.4. The van der Waals surface area contributed by atoms with Gasteiger partial charge in [0.05, 0.1) is 10.5 Å². The molecule has 0 atom stereocenters. The molecule has 0 bridgehead atoms. The summed E-state index contributed by atoms with van der Waals surface area (Å²) in [6.45, 7) is 0. The number of nitrogens with zero attached hydrogens (tertiary/aromatic N) is 3. The summed E-state index contributed by atoms with van der Waals surface area (Å²) in [6, 6.07) is 11.1. The number of nitro groups is 1. The highest BCUT2D eigenvalue weighted by atomic mass is 79.9. The average molecular weight is 454 g/mol. The normalized spacial score (nSPS) is 11.1. The molecule has 0 amide bonds. The first kappa shape index (κ1) is 19.5. The van der Waals surface area contributed by atoms with Gasteiger partial charge in [-0.3, -0.25) is 10.1 Å². The van der Waals surface area contributed by atoms with E-state index in [4.69, 9.17) is 0 Å². The number of hydrogen-bond donors (Lipinski definition) is 2. The van der Waals surface area contributed by atoms with E-state index in [1.807, 2.05) is 0 Å². The highest BCUT2D eigenvalue weighted by molar-refractivity contribution is 9.10. The zero-order valence-electron chi connectivity index (χ0n) is 13.9. The molecule has 11 heteroatoms. The predicted molar refractivity (Wildman–Crippen MR) is 101 cm³/mol. The van der Waals surface area contributed by atoms with Gasteiger partial charge in [0.2, 0.25) is 11.6 Å². The first-order chi connectivity index (χ1) is 13.2. The van der Waals surface area contributed by atoms with Crippen LogP contribution in [0.5, 0.6) is 0 Å². The fourth-order valence-electron chi connectivity index (χ4n) is 2.31. The molecule has 144 valence electrons. The summed E-state index contributed by atoms with van der Waals surface area (Å²) in [5.41, 5.74) is -0.841. The number of benzene rings is 2. The monoisotopic (exact) mass is 453 g/mol. The number of rotatable bonds is 5. The van der Waals surface area contributed by atoms with E-state index in [9.17, 15) is 23.3 Å². The highest BCUT2D eigenvalue weighted by Crippen LogP contribution is 2.35. The molecule has 1 aromatic heterocycles. The van der Waals surface area contributed by atoms with E-state index in [1.54, 1.807) is 24.3 Å². The van der Waals surface area contributed by atoms with Gasteiger partial charge < -0.3 is 10.6 Å². The standard InChI is InChI=1S/C17H11BrF3N5O2/c18-11-4-6-12(7-5-11)24-15-14(26(27)28)16(23-9-22-15)25-13-3-1-2-10(8-13)17(19,20)21/h1-9H,(H2,22,23,24,25). The third-order valence-corrected chi connectivity index (χ3v) is 4.09. The second kappa shape index (κ2) is 7.80. The minimum absolute atomic E-state index is 0.00576. The summed E-state index contributed by atoms with van der Waals surface area (Å²) >= 11 is 3.29. The lowest BCUT2D eigenvalue weighted by atomic mass is 10.2. The molecule has 28 heavy (non-hydrogen) atoms. The average Bonchev–Trinajstić information content (AvgIpc) is 2.63. The van der Waals surface area contributed by atoms with Crippen molar-refractivity contribution in [3.8, 4) is 0 Å². The molecule has 0 aliphatic heterocycles. The summed E-state index contributed by atoms with van der Waals surface area (Å²) in [7, 11) is 0. The van der Waals surface area contributed by atoms with E-state index in [0.29, 0.717) is 5.69 Å². The Hall–Kier alpha value is -3.21. The minimum Gasteiger partial charge on any atom is -0.334 e. The van der Waals surface area contributed by atoms with Gasteiger partial charge in [0.15, 0.2) is 0 Å². The molecule has 0 fully saturated rings. The maximum atomic E-state index is 12.9. The molecular formula is C17H11BrF3N5O2. The first-order valence-corrected chi connectivity index (χ1v) is 8.49. The van der Waals surface area contributed by atoms with Crippen molar-refractivity contribution in [2.75, 3.05) is 10.6 Å². The van der Waals surface area contributed by atoms with Crippen LogP contribution < -0.4 is 10.6 Å². The second-order valence-corrected chi connectivity index (χ2v) is 6.43. The van der Waals surface area contributed by atoms with Crippen molar-refractivity contribution < 1.29 is 18.1 Å². The number of aromatic nitrogens is 2. The molecule has 2 aromatic carbocycles. The van der Waals surface area contributed by atoms with E-state index < -0.39 is 22.4 Å². The Morgan fingerprint density at radius 3 is 2.14 bits per heavy atom. The third kappa shape index (κ3) is 4.55. The Bertz CT molecular complexity index is 1010. The molecule has 0 saturated heterocycles. The number of nitrogens with one attached hydrogen (secondary N) is 2. The van der Waals surface area contributed by atoms with Gasteiger partial charge in [-0.25, -0.2) is 9.97 Å². The molecule has 3 aromatic rings. The van der Waals surface area contributed by atoms with Crippen molar-refractivity contribution in [3.05, 3.63) is 75.0 Å². The van der Waals surface area contributed by atoms with E-state index in [2.05, 4.69) is 36.5 Å². The number of hydrogen-bond acceptors (Lipinski definition) is 6. The Balaban J connectivity index is 1.96. The van der Waals surface area contributed by atoms with Crippen LogP contribution in [0.1, 0.15) is 5.56 Å². The van der Waals surface area contributed by atoms with E-state index in [1.165, 1.54) is 12.1 Å². The molecular weight excluding hydrogens is 443 g/mol. The maximum absolute atomic E-state index is 12.9. The second-order valence-electron chi connectivity index (χ2n) is 5.51. The SMILES string of the molecule is O=[N+]([O-])c1c(Nc2ccc(Br)cc2)ncnc1Nc1cccc(C(F)(F)F)c1. The van der Waals surface area contributed by atoms with Gasteiger partial charge in [-0.1, -0.05) is 22.0 Å². The van der Waals surface area contributed by atoms with Crippen molar-refractivity contribution in [2.24, 2.45) is 0 Å². The molecule has 7 nitrogen and oxygen atoms in total. The number of halogens is 4. The van der Waals surface area contributed by atoms with Crippen molar-refractivity contribution in [2.45, 2.75) is 6.18 Å².